The van der Waals surface area contributed by atoms with Crippen LogP contribution in [0.3, 0.4) is 0 Å². The molecule has 25 heavy (non-hydrogen) atoms. The molecule has 4 heteroatoms. The summed E-state index contributed by atoms with van der Waals surface area (Å²) < 4.78 is 0. The Balaban J connectivity index is 2.13. The molecule has 2 rings (SSSR count). The van der Waals surface area contributed by atoms with Gasteiger partial charge >= 0.3 is 0 Å². The molecule has 0 saturated carbocycles. The van der Waals surface area contributed by atoms with Gasteiger partial charge in [-0.1, -0.05) is 45.9 Å². The molecule has 1 heterocycles. The summed E-state index contributed by atoms with van der Waals surface area (Å²) in [5, 5.41) is 2.99. The Morgan fingerprint density at radius 3 is 2.32 bits per heavy atom. The number of amides is 1. The molecular formula is C21H29N3O. The molecule has 134 valence electrons. The van der Waals surface area contributed by atoms with Crippen LogP contribution in [0.4, 0.5) is 11.4 Å². The molecular weight excluding hydrogens is 310 g/mol. The van der Waals surface area contributed by atoms with Crippen molar-refractivity contribution in [2.75, 3.05) is 23.3 Å². The smallest absolute Gasteiger partial charge is 0.274 e. The predicted octanol–water partition coefficient (Wildman–Crippen LogP) is 5.08. The van der Waals surface area contributed by atoms with Crippen LogP contribution in [0.5, 0.6) is 0 Å². The third-order valence-corrected chi connectivity index (χ3v) is 4.16. The van der Waals surface area contributed by atoms with Crippen molar-refractivity contribution in [3.05, 3.63) is 53.9 Å². The summed E-state index contributed by atoms with van der Waals surface area (Å²) in [5.41, 5.74) is 3.49. The molecule has 0 spiro atoms. The van der Waals surface area contributed by atoms with Gasteiger partial charge in [-0.3, -0.25) is 4.79 Å². The summed E-state index contributed by atoms with van der Waals surface area (Å²) in [6, 6.07) is 11.7. The molecule has 4 nitrogen and oxygen atoms in total. The average molecular weight is 339 g/mol. The van der Waals surface area contributed by atoms with Gasteiger partial charge in [-0.05, 0) is 42.5 Å². The maximum Gasteiger partial charge on any atom is 0.274 e. The fourth-order valence-electron chi connectivity index (χ4n) is 2.92. The fraction of sp³-hybridized carbons (Fsp3) is 0.429. The monoisotopic (exact) mass is 339 g/mol. The molecule has 0 fully saturated rings. The van der Waals surface area contributed by atoms with Crippen molar-refractivity contribution in [1.29, 1.82) is 0 Å². The highest BCUT2D eigenvalue weighted by Crippen LogP contribution is 2.24. The number of benzene rings is 1. The van der Waals surface area contributed by atoms with Crippen molar-refractivity contribution >= 4 is 17.3 Å². The maximum absolute atomic E-state index is 12.5. The normalized spacial score (nSPS) is 10.8. The first-order chi connectivity index (χ1) is 12.1. The third-order valence-electron chi connectivity index (χ3n) is 4.16. The van der Waals surface area contributed by atoms with E-state index in [1.165, 1.54) is 0 Å². The second-order valence-corrected chi connectivity index (χ2v) is 6.58. The standard InChI is InChI=1S/C21H29N3O/c1-5-13-24(14-6-2)17-11-12-20(22-15-17)21(25)23-19-10-8-7-9-18(19)16(3)4/h7-12,15-16H,5-6,13-14H2,1-4H3,(H,23,25). The van der Waals surface area contributed by atoms with Crippen LogP contribution in [0.15, 0.2) is 42.6 Å². The summed E-state index contributed by atoms with van der Waals surface area (Å²) in [4.78, 5) is 19.2. The SMILES string of the molecule is CCCN(CCC)c1ccc(C(=O)Nc2ccccc2C(C)C)nc1. The summed E-state index contributed by atoms with van der Waals surface area (Å²) in [6.07, 6.45) is 3.98. The van der Waals surface area contributed by atoms with E-state index in [4.69, 9.17) is 0 Å². The predicted molar refractivity (Wildman–Crippen MR) is 106 cm³/mol. The number of para-hydroxylation sites is 1. The van der Waals surface area contributed by atoms with Crippen molar-refractivity contribution in [2.45, 2.75) is 46.5 Å². The molecule has 1 aromatic heterocycles. The zero-order valence-corrected chi connectivity index (χ0v) is 15.7. The summed E-state index contributed by atoms with van der Waals surface area (Å²) >= 11 is 0. The number of hydrogen-bond acceptors (Lipinski definition) is 3. The Hall–Kier alpha value is -2.36. The fourth-order valence-corrected chi connectivity index (χ4v) is 2.92. The second kappa shape index (κ2) is 9.21. The van der Waals surface area contributed by atoms with E-state index >= 15 is 0 Å². The lowest BCUT2D eigenvalue weighted by molar-refractivity contribution is 0.102. The number of carbonyl (C=O) groups is 1. The molecule has 0 aliphatic heterocycles. The van der Waals surface area contributed by atoms with E-state index in [1.807, 2.05) is 30.3 Å². The Morgan fingerprint density at radius 2 is 1.76 bits per heavy atom. The van der Waals surface area contributed by atoms with Crippen molar-refractivity contribution in [3.8, 4) is 0 Å². The minimum absolute atomic E-state index is 0.169. The van der Waals surface area contributed by atoms with Gasteiger partial charge in [0.15, 0.2) is 0 Å². The molecule has 1 amide bonds. The highest BCUT2D eigenvalue weighted by atomic mass is 16.1. The van der Waals surface area contributed by atoms with Crippen LogP contribution in [-0.4, -0.2) is 24.0 Å². The summed E-state index contributed by atoms with van der Waals surface area (Å²) in [7, 11) is 0. The van der Waals surface area contributed by atoms with Crippen molar-refractivity contribution in [2.24, 2.45) is 0 Å². The number of hydrogen-bond donors (Lipinski definition) is 1. The van der Waals surface area contributed by atoms with Gasteiger partial charge in [0.05, 0.1) is 11.9 Å². The van der Waals surface area contributed by atoms with Crippen LogP contribution in [0.2, 0.25) is 0 Å². The molecule has 2 aromatic rings. The van der Waals surface area contributed by atoms with E-state index in [0.29, 0.717) is 11.6 Å². The van der Waals surface area contributed by atoms with E-state index in [0.717, 1.165) is 42.9 Å². The molecule has 1 N–H and O–H groups in total. The van der Waals surface area contributed by atoms with Gasteiger partial charge in [-0.2, -0.15) is 0 Å². The van der Waals surface area contributed by atoms with E-state index in [-0.39, 0.29) is 5.91 Å². The van der Waals surface area contributed by atoms with Gasteiger partial charge in [0.2, 0.25) is 0 Å². The molecule has 0 radical (unpaired) electrons. The first-order valence-electron chi connectivity index (χ1n) is 9.18. The van der Waals surface area contributed by atoms with Crippen LogP contribution in [-0.2, 0) is 0 Å². The lowest BCUT2D eigenvalue weighted by Gasteiger charge is -2.23. The van der Waals surface area contributed by atoms with Crippen molar-refractivity contribution < 1.29 is 4.79 Å². The molecule has 0 unspecified atom stereocenters. The van der Waals surface area contributed by atoms with Crippen LogP contribution < -0.4 is 10.2 Å². The molecule has 0 aliphatic rings. The molecule has 0 aliphatic carbocycles. The van der Waals surface area contributed by atoms with Crippen LogP contribution in [0, 0.1) is 0 Å². The van der Waals surface area contributed by atoms with E-state index in [2.05, 4.69) is 42.9 Å². The van der Waals surface area contributed by atoms with E-state index in [1.54, 1.807) is 12.3 Å². The first-order valence-corrected chi connectivity index (χ1v) is 9.18. The van der Waals surface area contributed by atoms with Gasteiger partial charge < -0.3 is 10.2 Å². The van der Waals surface area contributed by atoms with Crippen LogP contribution >= 0.6 is 0 Å². The number of nitrogens with zero attached hydrogens (tertiary/aromatic N) is 2. The molecule has 0 atom stereocenters. The summed E-state index contributed by atoms with van der Waals surface area (Å²) in [5.74, 6) is 0.181. The van der Waals surface area contributed by atoms with Gasteiger partial charge in [0.1, 0.15) is 5.69 Å². The lowest BCUT2D eigenvalue weighted by atomic mass is 10.0. The minimum Gasteiger partial charge on any atom is -0.370 e. The first kappa shape index (κ1) is 19.0. The van der Waals surface area contributed by atoms with Crippen LogP contribution in [0.25, 0.3) is 0 Å². The van der Waals surface area contributed by atoms with Crippen molar-refractivity contribution in [1.82, 2.24) is 4.98 Å². The molecule has 0 bridgehead atoms. The Labute approximate surface area is 151 Å². The van der Waals surface area contributed by atoms with Gasteiger partial charge in [0, 0.05) is 18.8 Å². The number of rotatable bonds is 8. The van der Waals surface area contributed by atoms with E-state index in [9.17, 15) is 4.79 Å². The third kappa shape index (κ3) is 5.05. The second-order valence-electron chi connectivity index (χ2n) is 6.58. The lowest BCUT2D eigenvalue weighted by Crippen LogP contribution is -2.25. The number of pyridine rings is 1. The highest BCUT2D eigenvalue weighted by molar-refractivity contribution is 6.03. The Kier molecular flexibility index (Phi) is 6.99. The highest BCUT2D eigenvalue weighted by Gasteiger charge is 2.13. The largest absolute Gasteiger partial charge is 0.370 e. The van der Waals surface area contributed by atoms with Gasteiger partial charge in [-0.25, -0.2) is 4.98 Å². The van der Waals surface area contributed by atoms with E-state index < -0.39 is 0 Å². The minimum atomic E-state index is -0.169. The molecule has 1 aromatic carbocycles. The van der Waals surface area contributed by atoms with Gasteiger partial charge in [-0.15, -0.1) is 0 Å². The average Bonchev–Trinajstić information content (AvgIpc) is 2.62. The zero-order valence-electron chi connectivity index (χ0n) is 15.7. The van der Waals surface area contributed by atoms with Gasteiger partial charge in [0.25, 0.3) is 5.91 Å². The number of anilines is 2. The number of carbonyl (C=O) groups excluding carboxylic acids is 1. The van der Waals surface area contributed by atoms with Crippen molar-refractivity contribution in [3.63, 3.8) is 0 Å². The molecule has 0 saturated heterocycles. The topological polar surface area (TPSA) is 45.2 Å². The summed E-state index contributed by atoms with van der Waals surface area (Å²) in [6.45, 7) is 10.6. The Bertz CT molecular complexity index is 674. The number of nitrogens with one attached hydrogen (secondary N) is 1. The Morgan fingerprint density at radius 1 is 1.08 bits per heavy atom. The maximum atomic E-state index is 12.5. The van der Waals surface area contributed by atoms with Crippen LogP contribution in [0.1, 0.15) is 62.5 Å². The zero-order chi connectivity index (χ0) is 18.2. The quantitative estimate of drug-likeness (QED) is 0.729. The number of aromatic nitrogens is 1.